The fourth-order valence-electron chi connectivity index (χ4n) is 2.97. The van der Waals surface area contributed by atoms with Crippen LogP contribution in [-0.2, 0) is 9.53 Å². The summed E-state index contributed by atoms with van der Waals surface area (Å²) >= 11 is 0. The maximum atomic E-state index is 13.2. The summed E-state index contributed by atoms with van der Waals surface area (Å²) in [5.41, 5.74) is 2.07. The largest absolute Gasteiger partial charge is 0.453 e. The summed E-state index contributed by atoms with van der Waals surface area (Å²) in [5, 5.41) is 3.11. The number of halogens is 1. The predicted molar refractivity (Wildman–Crippen MR) is 102 cm³/mol. The molecule has 0 fully saturated rings. The molecule has 7 heteroatoms. The standard InChI is InChI=1S/C21H19FN2O4/c1-12-19(16-8-3-4-9-17(16)24-12)20(26)13(2)28-18(25)11-23-21(27)14-6-5-7-15(22)10-14/h3-10,13,24H,11H2,1-2H3,(H,23,27)/t13-/m1/s1. The van der Waals surface area contributed by atoms with E-state index < -0.39 is 30.3 Å². The molecule has 0 aliphatic heterocycles. The van der Waals surface area contributed by atoms with Crippen molar-refractivity contribution in [1.82, 2.24) is 10.3 Å². The highest BCUT2D eigenvalue weighted by Gasteiger charge is 2.24. The molecule has 6 nitrogen and oxygen atoms in total. The molecule has 1 amide bonds. The number of esters is 1. The number of benzene rings is 2. The second-order valence-corrected chi connectivity index (χ2v) is 6.36. The van der Waals surface area contributed by atoms with E-state index in [1.165, 1.54) is 25.1 Å². The summed E-state index contributed by atoms with van der Waals surface area (Å²) in [6.07, 6.45) is -1.02. The van der Waals surface area contributed by atoms with Crippen molar-refractivity contribution < 1.29 is 23.5 Å². The Morgan fingerprint density at radius 3 is 2.64 bits per heavy atom. The van der Waals surface area contributed by atoms with Crippen molar-refractivity contribution in [2.45, 2.75) is 20.0 Å². The summed E-state index contributed by atoms with van der Waals surface area (Å²) < 4.78 is 18.3. The monoisotopic (exact) mass is 382 g/mol. The van der Waals surface area contributed by atoms with Crippen LogP contribution >= 0.6 is 0 Å². The van der Waals surface area contributed by atoms with Gasteiger partial charge in [0.2, 0.25) is 5.78 Å². The van der Waals surface area contributed by atoms with E-state index in [0.29, 0.717) is 11.3 Å². The number of hydrogen-bond acceptors (Lipinski definition) is 4. The lowest BCUT2D eigenvalue weighted by Gasteiger charge is -2.13. The van der Waals surface area contributed by atoms with Crippen LogP contribution in [0.5, 0.6) is 0 Å². The molecule has 0 radical (unpaired) electrons. The Bertz CT molecular complexity index is 1060. The minimum absolute atomic E-state index is 0.0892. The number of aromatic nitrogens is 1. The molecular formula is C21H19FN2O4. The second kappa shape index (κ2) is 8.04. The van der Waals surface area contributed by atoms with Crippen molar-refractivity contribution in [3.8, 4) is 0 Å². The number of nitrogens with one attached hydrogen (secondary N) is 2. The Morgan fingerprint density at radius 1 is 1.14 bits per heavy atom. The molecule has 0 aliphatic carbocycles. The summed E-state index contributed by atoms with van der Waals surface area (Å²) in [4.78, 5) is 39.8. The fourth-order valence-corrected chi connectivity index (χ4v) is 2.97. The molecule has 0 bridgehead atoms. The van der Waals surface area contributed by atoms with Crippen LogP contribution in [-0.4, -0.2) is 35.3 Å². The quantitative estimate of drug-likeness (QED) is 0.506. The summed E-state index contributed by atoms with van der Waals surface area (Å²) in [5.74, 6) is -2.26. The molecule has 0 spiro atoms. The number of carbonyl (C=O) groups is 3. The number of aryl methyl sites for hydroxylation is 1. The maximum absolute atomic E-state index is 13.2. The van der Waals surface area contributed by atoms with Gasteiger partial charge in [-0.2, -0.15) is 0 Å². The van der Waals surface area contributed by atoms with E-state index in [0.717, 1.165) is 17.0 Å². The number of Topliss-reactive ketones (excluding diaryl/α,β-unsaturated/α-hetero) is 1. The zero-order valence-corrected chi connectivity index (χ0v) is 15.4. The number of carbonyl (C=O) groups excluding carboxylic acids is 3. The number of ketones is 1. The van der Waals surface area contributed by atoms with E-state index in [1.54, 1.807) is 6.92 Å². The second-order valence-electron chi connectivity index (χ2n) is 6.36. The first-order chi connectivity index (χ1) is 13.4. The number of rotatable bonds is 6. The van der Waals surface area contributed by atoms with Crippen molar-refractivity contribution in [2.75, 3.05) is 6.54 Å². The van der Waals surface area contributed by atoms with Gasteiger partial charge in [-0.05, 0) is 38.1 Å². The normalized spacial score (nSPS) is 11.8. The molecule has 0 saturated carbocycles. The van der Waals surface area contributed by atoms with Gasteiger partial charge in [0.25, 0.3) is 5.91 Å². The van der Waals surface area contributed by atoms with Crippen molar-refractivity contribution in [1.29, 1.82) is 0 Å². The molecule has 3 rings (SSSR count). The number of hydrogen-bond donors (Lipinski definition) is 2. The first kappa shape index (κ1) is 19.3. The van der Waals surface area contributed by atoms with Gasteiger partial charge in [-0.25, -0.2) is 4.39 Å². The maximum Gasteiger partial charge on any atom is 0.326 e. The first-order valence-electron chi connectivity index (χ1n) is 8.71. The number of para-hydroxylation sites is 1. The summed E-state index contributed by atoms with van der Waals surface area (Å²) in [7, 11) is 0. The molecule has 2 N–H and O–H groups in total. The van der Waals surface area contributed by atoms with Crippen LogP contribution in [0.1, 0.15) is 33.3 Å². The fraction of sp³-hybridized carbons (Fsp3) is 0.190. The zero-order chi connectivity index (χ0) is 20.3. The van der Waals surface area contributed by atoms with Crippen LogP contribution in [0.3, 0.4) is 0 Å². The molecule has 1 aromatic heterocycles. The Morgan fingerprint density at radius 2 is 1.89 bits per heavy atom. The van der Waals surface area contributed by atoms with E-state index in [4.69, 9.17) is 4.74 Å². The average Bonchev–Trinajstić information content (AvgIpc) is 3.01. The van der Waals surface area contributed by atoms with E-state index in [1.807, 2.05) is 24.3 Å². The third kappa shape index (κ3) is 4.09. The molecular weight excluding hydrogens is 363 g/mol. The lowest BCUT2D eigenvalue weighted by molar-refractivity contribution is -0.145. The van der Waals surface area contributed by atoms with Crippen LogP contribution in [0.25, 0.3) is 10.9 Å². The van der Waals surface area contributed by atoms with Crippen LogP contribution < -0.4 is 5.32 Å². The molecule has 3 aromatic rings. The van der Waals surface area contributed by atoms with Crippen LogP contribution in [0.15, 0.2) is 48.5 Å². The Hall–Kier alpha value is -3.48. The Balaban J connectivity index is 1.61. The molecule has 0 unspecified atom stereocenters. The van der Waals surface area contributed by atoms with Crippen molar-refractivity contribution >= 4 is 28.6 Å². The molecule has 1 atom stereocenters. The molecule has 0 saturated heterocycles. The molecule has 0 aliphatic rings. The number of ether oxygens (including phenoxy) is 1. The molecule has 28 heavy (non-hydrogen) atoms. The summed E-state index contributed by atoms with van der Waals surface area (Å²) in [6, 6.07) is 12.5. The zero-order valence-electron chi connectivity index (χ0n) is 15.4. The highest BCUT2D eigenvalue weighted by molar-refractivity contribution is 6.11. The summed E-state index contributed by atoms with van der Waals surface area (Å²) in [6.45, 7) is 2.83. The molecule has 144 valence electrons. The van der Waals surface area contributed by atoms with E-state index >= 15 is 0 Å². The number of aromatic amines is 1. The van der Waals surface area contributed by atoms with Gasteiger partial charge in [-0.15, -0.1) is 0 Å². The number of fused-ring (bicyclic) bond motifs is 1. The molecule has 2 aromatic carbocycles. The average molecular weight is 382 g/mol. The van der Waals surface area contributed by atoms with Gasteiger partial charge in [0.1, 0.15) is 12.4 Å². The van der Waals surface area contributed by atoms with Crippen molar-refractivity contribution in [3.63, 3.8) is 0 Å². The Kier molecular flexibility index (Phi) is 5.54. The Labute approximate surface area is 160 Å². The minimum Gasteiger partial charge on any atom is -0.453 e. The van der Waals surface area contributed by atoms with Gasteiger partial charge in [0, 0.05) is 27.7 Å². The number of amides is 1. The lowest BCUT2D eigenvalue weighted by atomic mass is 10.0. The van der Waals surface area contributed by atoms with Gasteiger partial charge in [0.15, 0.2) is 6.10 Å². The van der Waals surface area contributed by atoms with Crippen molar-refractivity contribution in [3.05, 3.63) is 71.2 Å². The SMILES string of the molecule is Cc1[nH]c2ccccc2c1C(=O)[C@@H](C)OC(=O)CNC(=O)c1cccc(F)c1. The van der Waals surface area contributed by atoms with Crippen LogP contribution in [0, 0.1) is 12.7 Å². The third-order valence-corrected chi connectivity index (χ3v) is 4.30. The van der Waals surface area contributed by atoms with Gasteiger partial charge in [0.05, 0.1) is 0 Å². The van der Waals surface area contributed by atoms with Crippen molar-refractivity contribution in [2.24, 2.45) is 0 Å². The minimum atomic E-state index is -1.02. The van der Waals surface area contributed by atoms with Crippen LogP contribution in [0.2, 0.25) is 0 Å². The van der Waals surface area contributed by atoms with Gasteiger partial charge < -0.3 is 15.0 Å². The lowest BCUT2D eigenvalue weighted by Crippen LogP contribution is -2.34. The highest BCUT2D eigenvalue weighted by Crippen LogP contribution is 2.23. The van der Waals surface area contributed by atoms with E-state index in [9.17, 15) is 18.8 Å². The predicted octanol–water partition coefficient (Wildman–Crippen LogP) is 3.16. The third-order valence-electron chi connectivity index (χ3n) is 4.30. The van der Waals surface area contributed by atoms with Crippen LogP contribution in [0.4, 0.5) is 4.39 Å². The van der Waals surface area contributed by atoms with Gasteiger partial charge in [-0.3, -0.25) is 14.4 Å². The molecule has 1 heterocycles. The topological polar surface area (TPSA) is 88.3 Å². The van der Waals surface area contributed by atoms with E-state index in [2.05, 4.69) is 10.3 Å². The van der Waals surface area contributed by atoms with Gasteiger partial charge >= 0.3 is 5.97 Å². The number of H-pyrrole nitrogens is 1. The smallest absolute Gasteiger partial charge is 0.326 e. The first-order valence-corrected chi connectivity index (χ1v) is 8.71. The highest BCUT2D eigenvalue weighted by atomic mass is 19.1. The van der Waals surface area contributed by atoms with Gasteiger partial charge in [-0.1, -0.05) is 24.3 Å². The van der Waals surface area contributed by atoms with E-state index in [-0.39, 0.29) is 11.3 Å².